The number of benzene rings is 4. The summed E-state index contributed by atoms with van der Waals surface area (Å²) >= 11 is 0. The summed E-state index contributed by atoms with van der Waals surface area (Å²) in [5, 5.41) is 32.9. The molecule has 55 heavy (non-hydrogen) atoms. The number of aromatic carboxylic acids is 1. The zero-order valence-corrected chi connectivity index (χ0v) is 30.1. The summed E-state index contributed by atoms with van der Waals surface area (Å²) in [7, 11) is 2.86. The van der Waals surface area contributed by atoms with Crippen molar-refractivity contribution in [1.29, 1.82) is 0 Å². The topological polar surface area (TPSA) is 183 Å². The molecule has 4 N–H and O–H groups in total. The van der Waals surface area contributed by atoms with Crippen LogP contribution in [0.25, 0.3) is 0 Å². The fraction of sp³-hybridized carbons (Fsp3) is 0.262. The fourth-order valence-electron chi connectivity index (χ4n) is 9.32. The summed E-state index contributed by atoms with van der Waals surface area (Å²) in [5.41, 5.74) is 3.80. The first kappa shape index (κ1) is 35.4. The minimum Gasteiger partial charge on any atom is -0.507 e. The lowest BCUT2D eigenvalue weighted by Gasteiger charge is -2.50. The average molecular weight is 744 g/mol. The first-order chi connectivity index (χ1) is 26.4. The average Bonchev–Trinajstić information content (AvgIpc) is 3.56. The van der Waals surface area contributed by atoms with Gasteiger partial charge in [0.15, 0.2) is 0 Å². The number of hydrogen-bond donors (Lipinski definition) is 4. The third-order valence-electron chi connectivity index (χ3n) is 11.7. The highest BCUT2D eigenvalue weighted by atomic mass is 16.5. The number of imide groups is 2. The normalized spacial score (nSPS) is 25.6. The van der Waals surface area contributed by atoms with E-state index < -0.39 is 75.9 Å². The van der Waals surface area contributed by atoms with Gasteiger partial charge in [-0.25, -0.2) is 9.69 Å². The number of carboxylic acids is 1. The Labute approximate surface area is 315 Å². The number of nitrogens with one attached hydrogen (secondary N) is 1. The Balaban J connectivity index is 1.33. The Kier molecular flexibility index (Phi) is 8.40. The molecule has 4 aromatic rings. The van der Waals surface area contributed by atoms with Crippen molar-refractivity contribution in [3.05, 3.63) is 119 Å². The van der Waals surface area contributed by atoms with Crippen LogP contribution in [0.2, 0.25) is 0 Å². The van der Waals surface area contributed by atoms with E-state index in [4.69, 9.17) is 9.47 Å². The van der Waals surface area contributed by atoms with Gasteiger partial charge in [0.05, 0.1) is 48.8 Å². The van der Waals surface area contributed by atoms with Crippen molar-refractivity contribution in [2.75, 3.05) is 24.5 Å². The number of aryl methyl sites for hydroxylation is 1. The van der Waals surface area contributed by atoms with E-state index in [0.29, 0.717) is 16.8 Å². The van der Waals surface area contributed by atoms with Crippen molar-refractivity contribution in [1.82, 2.24) is 5.01 Å². The monoisotopic (exact) mass is 743 g/mol. The number of carbonyl (C=O) groups is 5. The second-order valence-corrected chi connectivity index (χ2v) is 14.4. The van der Waals surface area contributed by atoms with E-state index in [0.717, 1.165) is 27.6 Å². The number of rotatable bonds is 8. The maximum atomic E-state index is 15.4. The molecule has 6 unspecified atom stereocenters. The van der Waals surface area contributed by atoms with Gasteiger partial charge in [-0.05, 0) is 55.5 Å². The lowest BCUT2D eigenvalue weighted by Crippen LogP contribution is -2.53. The van der Waals surface area contributed by atoms with Gasteiger partial charge >= 0.3 is 5.97 Å². The van der Waals surface area contributed by atoms with Gasteiger partial charge in [0, 0.05) is 29.7 Å². The number of carbonyl (C=O) groups excluding carboxylic acids is 4. The van der Waals surface area contributed by atoms with Crippen LogP contribution in [0.15, 0.2) is 96.6 Å². The molecule has 13 nitrogen and oxygen atoms in total. The van der Waals surface area contributed by atoms with Crippen molar-refractivity contribution in [2.45, 2.75) is 31.1 Å². The first-order valence-electron chi connectivity index (χ1n) is 17.8. The van der Waals surface area contributed by atoms with E-state index >= 15 is 4.79 Å². The van der Waals surface area contributed by atoms with Gasteiger partial charge in [0.1, 0.15) is 28.6 Å². The molecule has 1 saturated carbocycles. The fourth-order valence-corrected chi connectivity index (χ4v) is 9.32. The van der Waals surface area contributed by atoms with Crippen LogP contribution in [0.5, 0.6) is 23.0 Å². The highest BCUT2D eigenvalue weighted by molar-refractivity contribution is 6.23. The van der Waals surface area contributed by atoms with Crippen LogP contribution in [0.3, 0.4) is 0 Å². The molecule has 8 rings (SSSR count). The van der Waals surface area contributed by atoms with E-state index in [1.165, 1.54) is 26.4 Å². The molecule has 2 saturated heterocycles. The second-order valence-electron chi connectivity index (χ2n) is 14.4. The zero-order chi connectivity index (χ0) is 38.9. The number of aromatic hydroxyl groups is 2. The maximum Gasteiger partial charge on any atom is 0.339 e. The van der Waals surface area contributed by atoms with E-state index in [-0.39, 0.29) is 41.3 Å². The van der Waals surface area contributed by atoms with E-state index in [2.05, 4.69) is 5.43 Å². The van der Waals surface area contributed by atoms with Gasteiger partial charge in [-0.2, -0.15) is 5.01 Å². The van der Waals surface area contributed by atoms with Gasteiger partial charge in [-0.3, -0.25) is 24.6 Å². The minimum absolute atomic E-state index is 0.00431. The maximum absolute atomic E-state index is 15.4. The standard InChI is InChI=1S/C42H37N3O10/c1-21-9-11-23(12-10-21)43-45-38(49)30-20-29-26(15-16-28-34(29)39(50)44(37(28)48)24-13-14-27(40(51)52)31(46)17-24)36(35-32(47)18-25(54-2)19-33(35)55-3)42(30,41(45)53)22-7-5-4-6-8-22/h4-15,17-19,28-30,34,36,43,46-47H,16,20H2,1-3H3,(H,51,52). The van der Waals surface area contributed by atoms with Crippen LogP contribution in [0.4, 0.5) is 11.4 Å². The Bertz CT molecular complexity index is 2320. The first-order valence-corrected chi connectivity index (χ1v) is 17.8. The summed E-state index contributed by atoms with van der Waals surface area (Å²) in [5.74, 6) is -8.77. The lowest BCUT2D eigenvalue weighted by atomic mass is 9.49. The number of phenolic OH excluding ortho intramolecular Hbond substituents is 1. The molecule has 0 radical (unpaired) electrons. The Morgan fingerprint density at radius 3 is 2.22 bits per heavy atom. The predicted octanol–water partition coefficient (Wildman–Crippen LogP) is 5.31. The number of anilines is 2. The molecule has 280 valence electrons. The smallest absolute Gasteiger partial charge is 0.339 e. The molecule has 4 aliphatic rings. The number of allylic oxidation sites excluding steroid dienone is 2. The Morgan fingerprint density at radius 1 is 0.836 bits per heavy atom. The van der Waals surface area contributed by atoms with Gasteiger partial charge < -0.3 is 24.8 Å². The third kappa shape index (κ3) is 5.17. The van der Waals surface area contributed by atoms with Crippen LogP contribution in [-0.2, 0) is 24.6 Å². The molecule has 13 heteroatoms. The van der Waals surface area contributed by atoms with Crippen LogP contribution >= 0.6 is 0 Å². The van der Waals surface area contributed by atoms with Crippen LogP contribution in [0.1, 0.15) is 45.8 Å². The summed E-state index contributed by atoms with van der Waals surface area (Å²) in [4.78, 5) is 71.6. The molecular weight excluding hydrogens is 706 g/mol. The van der Waals surface area contributed by atoms with Gasteiger partial charge in [-0.15, -0.1) is 0 Å². The van der Waals surface area contributed by atoms with Gasteiger partial charge in [0.25, 0.3) is 11.8 Å². The molecule has 4 aromatic carbocycles. The van der Waals surface area contributed by atoms with Crippen molar-refractivity contribution in [3.63, 3.8) is 0 Å². The number of nitrogens with zero attached hydrogens (tertiary/aromatic N) is 2. The third-order valence-corrected chi connectivity index (χ3v) is 11.7. The highest BCUT2D eigenvalue weighted by Gasteiger charge is 2.71. The molecule has 2 aliphatic heterocycles. The van der Waals surface area contributed by atoms with Crippen LogP contribution in [0, 0.1) is 30.6 Å². The highest BCUT2D eigenvalue weighted by Crippen LogP contribution is 2.66. The van der Waals surface area contributed by atoms with Crippen molar-refractivity contribution < 1.29 is 48.8 Å². The number of carboxylic acid groups (broad SMARTS) is 1. The molecule has 2 heterocycles. The number of fused-ring (bicyclic) bond motifs is 4. The Hall–Kier alpha value is -6.63. The van der Waals surface area contributed by atoms with Crippen molar-refractivity contribution >= 4 is 41.0 Å². The van der Waals surface area contributed by atoms with E-state index in [9.17, 15) is 34.5 Å². The Morgan fingerprint density at radius 2 is 1.56 bits per heavy atom. The van der Waals surface area contributed by atoms with Gasteiger partial charge in [-0.1, -0.05) is 59.7 Å². The molecule has 0 bridgehead atoms. The van der Waals surface area contributed by atoms with E-state index in [1.54, 1.807) is 48.5 Å². The molecule has 2 aliphatic carbocycles. The number of methoxy groups -OCH3 is 2. The minimum atomic E-state index is -1.66. The van der Waals surface area contributed by atoms with Crippen LogP contribution < -0.4 is 19.8 Å². The van der Waals surface area contributed by atoms with Crippen molar-refractivity contribution in [2.24, 2.45) is 23.7 Å². The van der Waals surface area contributed by atoms with Gasteiger partial charge in [0.2, 0.25) is 11.8 Å². The SMILES string of the molecule is COc1cc(O)c(C2C3=CCC4C(=O)N(c5ccc(C(=O)O)c(O)c5)C(=O)C4C3CC3C(=O)N(Nc4ccc(C)cc4)C(=O)C32c2ccccc2)c(OC)c1. The number of phenols is 2. The zero-order valence-electron chi connectivity index (χ0n) is 30.1. The summed E-state index contributed by atoms with van der Waals surface area (Å²) < 4.78 is 11.3. The lowest BCUT2D eigenvalue weighted by molar-refractivity contribution is -0.138. The summed E-state index contributed by atoms with van der Waals surface area (Å²) in [6, 6.07) is 22.6. The quantitative estimate of drug-likeness (QED) is 0.136. The predicted molar refractivity (Wildman–Crippen MR) is 198 cm³/mol. The number of hydrogen-bond acceptors (Lipinski definition) is 10. The molecule has 4 amide bonds. The molecule has 3 fully saturated rings. The molecule has 0 aromatic heterocycles. The number of amides is 4. The van der Waals surface area contributed by atoms with Crippen LogP contribution in [-0.4, -0.2) is 64.1 Å². The molecular formula is C42H37N3O10. The largest absolute Gasteiger partial charge is 0.507 e. The summed E-state index contributed by atoms with van der Waals surface area (Å²) in [6.07, 6.45) is 1.94. The number of hydrazine groups is 1. The molecule has 6 atom stereocenters. The van der Waals surface area contributed by atoms with Crippen molar-refractivity contribution in [3.8, 4) is 23.0 Å². The van der Waals surface area contributed by atoms with E-state index in [1.807, 2.05) is 25.1 Å². The molecule has 0 spiro atoms. The summed E-state index contributed by atoms with van der Waals surface area (Å²) in [6.45, 7) is 1.92. The number of ether oxygens (including phenoxy) is 2. The second kappa shape index (κ2) is 13.0.